The van der Waals surface area contributed by atoms with Gasteiger partial charge in [0.15, 0.2) is 5.78 Å². The Kier molecular flexibility index (Phi) is 7.52. The predicted molar refractivity (Wildman–Crippen MR) is 109 cm³/mol. The second-order valence-electron chi connectivity index (χ2n) is 5.94. The smallest absolute Gasteiger partial charge is 0.338 e. The van der Waals surface area contributed by atoms with Crippen LogP contribution in [0.5, 0.6) is 17.2 Å². The van der Waals surface area contributed by atoms with Gasteiger partial charge in [0.2, 0.25) is 0 Å². The van der Waals surface area contributed by atoms with E-state index in [0.717, 1.165) is 6.07 Å². The summed E-state index contributed by atoms with van der Waals surface area (Å²) in [5, 5.41) is 0.157. The van der Waals surface area contributed by atoms with Gasteiger partial charge in [-0.1, -0.05) is 11.6 Å². The van der Waals surface area contributed by atoms with Crippen LogP contribution < -0.4 is 18.9 Å². The minimum absolute atomic E-state index is 0.0100. The highest BCUT2D eigenvalue weighted by Crippen LogP contribution is 2.37. The molecule has 2 aromatic carbocycles. The number of sulfonamides is 1. The predicted octanol–water partition coefficient (Wildman–Crippen LogP) is 2.91. The van der Waals surface area contributed by atoms with Crippen LogP contribution in [0.1, 0.15) is 17.3 Å². The summed E-state index contributed by atoms with van der Waals surface area (Å²) in [5.74, 6) is -0.756. The van der Waals surface area contributed by atoms with Crippen molar-refractivity contribution < 1.29 is 37.0 Å². The molecule has 0 heterocycles. The minimum atomic E-state index is -4.24. The molecule has 0 unspecified atom stereocenters. The molecule has 30 heavy (non-hydrogen) atoms. The number of carbonyl (C=O) groups is 2. The quantitative estimate of drug-likeness (QED) is 0.571. The van der Waals surface area contributed by atoms with Crippen molar-refractivity contribution in [3.05, 3.63) is 40.9 Å². The van der Waals surface area contributed by atoms with Crippen LogP contribution in [-0.4, -0.2) is 48.1 Å². The molecule has 0 spiro atoms. The Morgan fingerprint density at radius 2 is 1.60 bits per heavy atom. The number of nitrogens with one attached hydrogen (secondary N) is 1. The average Bonchev–Trinajstić information content (AvgIpc) is 2.71. The van der Waals surface area contributed by atoms with Crippen LogP contribution in [-0.2, 0) is 19.6 Å². The molecule has 2 rings (SSSR count). The maximum atomic E-state index is 13.0. The zero-order valence-corrected chi connectivity index (χ0v) is 18.2. The number of rotatable bonds is 9. The van der Waals surface area contributed by atoms with Crippen molar-refractivity contribution in [2.45, 2.75) is 11.8 Å². The lowest BCUT2D eigenvalue weighted by Gasteiger charge is -2.16. The van der Waals surface area contributed by atoms with E-state index in [1.54, 1.807) is 0 Å². The highest BCUT2D eigenvalue weighted by molar-refractivity contribution is 7.92. The molecule has 0 amide bonds. The van der Waals surface area contributed by atoms with E-state index < -0.39 is 22.6 Å². The van der Waals surface area contributed by atoms with E-state index in [-0.39, 0.29) is 38.5 Å². The molecule has 9 nitrogen and oxygen atoms in total. The number of hydrogen-bond acceptors (Lipinski definition) is 8. The van der Waals surface area contributed by atoms with Crippen LogP contribution in [0.2, 0.25) is 5.02 Å². The maximum absolute atomic E-state index is 13.0. The van der Waals surface area contributed by atoms with Gasteiger partial charge < -0.3 is 18.9 Å². The zero-order valence-electron chi connectivity index (χ0n) is 16.6. The van der Waals surface area contributed by atoms with Crippen LogP contribution in [0.4, 0.5) is 5.69 Å². The van der Waals surface area contributed by atoms with Crippen molar-refractivity contribution in [2.24, 2.45) is 0 Å². The third kappa shape index (κ3) is 5.33. The topological polar surface area (TPSA) is 117 Å². The molecule has 0 bridgehead atoms. The molecule has 0 aliphatic rings. The van der Waals surface area contributed by atoms with E-state index in [1.165, 1.54) is 52.5 Å². The van der Waals surface area contributed by atoms with Gasteiger partial charge in [0, 0.05) is 6.07 Å². The van der Waals surface area contributed by atoms with Gasteiger partial charge in [0.05, 0.1) is 37.6 Å². The Morgan fingerprint density at radius 3 is 2.17 bits per heavy atom. The molecule has 0 aliphatic heterocycles. The Morgan fingerprint density at radius 1 is 0.967 bits per heavy atom. The van der Waals surface area contributed by atoms with Crippen LogP contribution in [0.15, 0.2) is 35.2 Å². The number of methoxy groups -OCH3 is 3. The fourth-order valence-electron chi connectivity index (χ4n) is 2.40. The number of ketones is 1. The van der Waals surface area contributed by atoms with Crippen molar-refractivity contribution >= 4 is 39.1 Å². The van der Waals surface area contributed by atoms with Gasteiger partial charge in [-0.25, -0.2) is 13.2 Å². The third-order valence-electron chi connectivity index (χ3n) is 3.81. The average molecular weight is 458 g/mol. The summed E-state index contributed by atoms with van der Waals surface area (Å²) in [5.41, 5.74) is -0.0212. The lowest BCUT2D eigenvalue weighted by molar-refractivity contribution is -0.120. The summed E-state index contributed by atoms with van der Waals surface area (Å²) in [6.07, 6.45) is 0. The molecule has 0 fully saturated rings. The second-order valence-corrected chi connectivity index (χ2v) is 7.99. The fraction of sp³-hybridized carbons (Fsp3) is 0.263. The number of benzene rings is 2. The van der Waals surface area contributed by atoms with Crippen LogP contribution in [0.3, 0.4) is 0 Å². The molecule has 11 heteroatoms. The lowest BCUT2D eigenvalue weighted by atomic mass is 10.2. The minimum Gasteiger partial charge on any atom is -0.495 e. The molecule has 0 aromatic heterocycles. The van der Waals surface area contributed by atoms with Crippen LogP contribution >= 0.6 is 11.6 Å². The van der Waals surface area contributed by atoms with Gasteiger partial charge in [0.25, 0.3) is 10.0 Å². The normalized spacial score (nSPS) is 10.8. The first-order valence-corrected chi connectivity index (χ1v) is 10.3. The summed E-state index contributed by atoms with van der Waals surface area (Å²) in [6.45, 7) is 0.835. The maximum Gasteiger partial charge on any atom is 0.338 e. The first-order valence-electron chi connectivity index (χ1n) is 8.42. The molecule has 2 aromatic rings. The van der Waals surface area contributed by atoms with E-state index in [9.17, 15) is 18.0 Å². The fourth-order valence-corrected chi connectivity index (χ4v) is 3.90. The van der Waals surface area contributed by atoms with Crippen LogP contribution in [0, 0.1) is 0 Å². The summed E-state index contributed by atoms with van der Waals surface area (Å²) in [6, 6.07) is 6.46. The summed E-state index contributed by atoms with van der Waals surface area (Å²) >= 11 is 6.09. The number of halogens is 1. The Bertz CT molecular complexity index is 1070. The van der Waals surface area contributed by atoms with E-state index in [1.807, 2.05) is 0 Å². The zero-order chi connectivity index (χ0) is 22.5. The van der Waals surface area contributed by atoms with E-state index in [0.29, 0.717) is 5.75 Å². The van der Waals surface area contributed by atoms with Crippen molar-refractivity contribution in [3.8, 4) is 17.2 Å². The number of esters is 1. The lowest BCUT2D eigenvalue weighted by Crippen LogP contribution is -2.17. The standard InChI is InChI=1S/C19H20ClNO8S/c1-11(22)10-29-19(23)12-5-6-15(26-2)18(7-12)30(24,25)21-14-8-13(20)16(27-3)9-17(14)28-4/h5-9,21H,10H2,1-4H3. The van der Waals surface area contributed by atoms with Gasteiger partial charge in [-0.2, -0.15) is 0 Å². The number of carbonyl (C=O) groups excluding carboxylic acids is 2. The Balaban J connectivity index is 2.46. The number of hydrogen-bond donors (Lipinski definition) is 1. The summed E-state index contributed by atoms with van der Waals surface area (Å²) < 4.78 is 48.6. The van der Waals surface area contributed by atoms with Crippen LogP contribution in [0.25, 0.3) is 0 Å². The molecule has 0 atom stereocenters. The number of anilines is 1. The molecular formula is C19H20ClNO8S. The van der Waals surface area contributed by atoms with Crippen molar-refractivity contribution in [1.82, 2.24) is 0 Å². The molecule has 162 valence electrons. The molecule has 0 saturated carbocycles. The summed E-state index contributed by atoms with van der Waals surface area (Å²) in [7, 11) is -0.194. The molecular weight excluding hydrogens is 438 g/mol. The molecule has 0 aliphatic carbocycles. The van der Waals surface area contributed by atoms with Crippen molar-refractivity contribution in [3.63, 3.8) is 0 Å². The van der Waals surface area contributed by atoms with Crippen molar-refractivity contribution in [2.75, 3.05) is 32.7 Å². The van der Waals surface area contributed by atoms with E-state index in [2.05, 4.69) is 4.72 Å². The largest absolute Gasteiger partial charge is 0.495 e. The Hall–Kier alpha value is -2.98. The summed E-state index contributed by atoms with van der Waals surface area (Å²) in [4.78, 5) is 22.8. The molecule has 1 N–H and O–H groups in total. The molecule has 0 saturated heterocycles. The van der Waals surface area contributed by atoms with E-state index >= 15 is 0 Å². The SMILES string of the molecule is COc1cc(OC)c(NS(=O)(=O)c2cc(C(=O)OCC(C)=O)ccc2OC)cc1Cl. The number of Topliss-reactive ketones (excluding diaryl/α,β-unsaturated/α-hetero) is 1. The first kappa shape index (κ1) is 23.3. The van der Waals surface area contributed by atoms with E-state index in [4.69, 9.17) is 30.5 Å². The van der Waals surface area contributed by atoms with Gasteiger partial charge in [-0.05, 0) is 31.2 Å². The molecule has 0 radical (unpaired) electrons. The second kappa shape index (κ2) is 9.68. The Labute approximate surface area is 178 Å². The highest BCUT2D eigenvalue weighted by Gasteiger charge is 2.24. The third-order valence-corrected chi connectivity index (χ3v) is 5.50. The van der Waals surface area contributed by atoms with Crippen molar-refractivity contribution in [1.29, 1.82) is 0 Å². The van der Waals surface area contributed by atoms with Gasteiger partial charge in [-0.15, -0.1) is 0 Å². The van der Waals surface area contributed by atoms with Gasteiger partial charge in [0.1, 0.15) is 28.8 Å². The first-order chi connectivity index (χ1) is 14.1. The van der Waals surface area contributed by atoms with Gasteiger partial charge >= 0.3 is 5.97 Å². The van der Waals surface area contributed by atoms with Gasteiger partial charge in [-0.3, -0.25) is 9.52 Å². The highest BCUT2D eigenvalue weighted by atomic mass is 35.5. The number of ether oxygens (including phenoxy) is 4. The monoisotopic (exact) mass is 457 g/mol.